The van der Waals surface area contributed by atoms with Gasteiger partial charge in [-0.25, -0.2) is 0 Å². The number of aromatic nitrogens is 3. The Balaban J connectivity index is 1.69. The summed E-state index contributed by atoms with van der Waals surface area (Å²) in [5.41, 5.74) is 3.02. The second-order valence-corrected chi connectivity index (χ2v) is 6.10. The van der Waals surface area contributed by atoms with Crippen LogP contribution in [0.3, 0.4) is 0 Å². The molecule has 24 heavy (non-hydrogen) atoms. The van der Waals surface area contributed by atoms with Gasteiger partial charge in [0.25, 0.3) is 0 Å². The first kappa shape index (κ1) is 16.5. The van der Waals surface area contributed by atoms with Crippen LogP contribution < -0.4 is 10.6 Å². The van der Waals surface area contributed by atoms with Crippen molar-refractivity contribution in [2.24, 2.45) is 0 Å². The van der Waals surface area contributed by atoms with Crippen molar-refractivity contribution in [1.82, 2.24) is 15.2 Å². The Labute approximate surface area is 150 Å². The number of halogens is 2. The van der Waals surface area contributed by atoms with Crippen LogP contribution in [0.15, 0.2) is 48.7 Å². The molecule has 0 atom stereocenters. The number of anilines is 3. The number of rotatable bonds is 5. The summed E-state index contributed by atoms with van der Waals surface area (Å²) in [7, 11) is 0. The predicted molar refractivity (Wildman–Crippen MR) is 98.1 cm³/mol. The lowest BCUT2D eigenvalue weighted by molar-refractivity contribution is 0.948. The first-order chi connectivity index (χ1) is 11.6. The zero-order valence-electron chi connectivity index (χ0n) is 12.9. The van der Waals surface area contributed by atoms with Crippen molar-refractivity contribution in [2.45, 2.75) is 13.5 Å². The molecule has 1 aromatic heterocycles. The Hall–Kier alpha value is -2.37. The van der Waals surface area contributed by atoms with E-state index >= 15 is 0 Å². The highest BCUT2D eigenvalue weighted by atomic mass is 35.5. The molecule has 0 saturated heterocycles. The Kier molecular flexibility index (Phi) is 5.13. The second-order valence-electron chi connectivity index (χ2n) is 5.25. The van der Waals surface area contributed by atoms with Gasteiger partial charge < -0.3 is 10.6 Å². The molecule has 0 saturated carbocycles. The minimum atomic E-state index is 0.429. The van der Waals surface area contributed by atoms with Gasteiger partial charge in [0, 0.05) is 11.6 Å². The highest BCUT2D eigenvalue weighted by Gasteiger charge is 2.05. The average molecular weight is 360 g/mol. The minimum Gasteiger partial charge on any atom is -0.349 e. The maximum atomic E-state index is 6.14. The van der Waals surface area contributed by atoms with Crippen molar-refractivity contribution < 1.29 is 0 Å². The van der Waals surface area contributed by atoms with Gasteiger partial charge in [0.15, 0.2) is 5.82 Å². The maximum absolute atomic E-state index is 6.14. The standard InChI is InChI=1S/C17H15Cl2N5/c1-11-2-4-12(5-3-11)9-20-17-23-16(10-21-24-17)22-15-8-13(18)6-7-14(15)19/h2-8,10H,9H2,1H3,(H2,20,22,23,24). The Morgan fingerprint density at radius 3 is 2.62 bits per heavy atom. The Morgan fingerprint density at radius 2 is 1.83 bits per heavy atom. The summed E-state index contributed by atoms with van der Waals surface area (Å²) >= 11 is 12.1. The predicted octanol–water partition coefficient (Wildman–Crippen LogP) is 4.84. The monoisotopic (exact) mass is 359 g/mol. The fraction of sp³-hybridized carbons (Fsp3) is 0.118. The smallest absolute Gasteiger partial charge is 0.244 e. The number of hydrogen-bond acceptors (Lipinski definition) is 5. The first-order valence-corrected chi connectivity index (χ1v) is 8.07. The van der Waals surface area contributed by atoms with Crippen LogP contribution in [-0.4, -0.2) is 15.2 Å². The minimum absolute atomic E-state index is 0.429. The lowest BCUT2D eigenvalue weighted by atomic mass is 10.1. The largest absolute Gasteiger partial charge is 0.349 e. The van der Waals surface area contributed by atoms with Crippen molar-refractivity contribution in [3.8, 4) is 0 Å². The van der Waals surface area contributed by atoms with E-state index in [2.05, 4.69) is 57.0 Å². The van der Waals surface area contributed by atoms with E-state index in [1.807, 2.05) is 0 Å². The van der Waals surface area contributed by atoms with Crippen LogP contribution in [0.2, 0.25) is 10.0 Å². The molecular formula is C17H15Cl2N5. The lowest BCUT2D eigenvalue weighted by Crippen LogP contribution is -2.06. The number of benzene rings is 2. The van der Waals surface area contributed by atoms with E-state index in [-0.39, 0.29) is 0 Å². The summed E-state index contributed by atoms with van der Waals surface area (Å²) in [6, 6.07) is 13.4. The van der Waals surface area contributed by atoms with E-state index in [1.54, 1.807) is 18.2 Å². The molecule has 2 N–H and O–H groups in total. The molecule has 0 bridgehead atoms. The van der Waals surface area contributed by atoms with Crippen LogP contribution in [0, 0.1) is 6.92 Å². The molecule has 0 spiro atoms. The second kappa shape index (κ2) is 7.47. The van der Waals surface area contributed by atoms with E-state index < -0.39 is 0 Å². The van der Waals surface area contributed by atoms with Crippen molar-refractivity contribution in [1.29, 1.82) is 0 Å². The zero-order chi connectivity index (χ0) is 16.9. The van der Waals surface area contributed by atoms with E-state index in [0.717, 1.165) is 5.56 Å². The SMILES string of the molecule is Cc1ccc(CNc2nncc(Nc3cc(Cl)ccc3Cl)n2)cc1. The summed E-state index contributed by atoms with van der Waals surface area (Å²) in [5.74, 6) is 0.958. The molecule has 7 heteroatoms. The molecule has 0 aliphatic rings. The van der Waals surface area contributed by atoms with Gasteiger partial charge in [0.1, 0.15) is 0 Å². The summed E-state index contributed by atoms with van der Waals surface area (Å²) in [4.78, 5) is 4.37. The highest BCUT2D eigenvalue weighted by molar-refractivity contribution is 6.35. The summed E-state index contributed by atoms with van der Waals surface area (Å²) in [6.07, 6.45) is 1.52. The van der Waals surface area contributed by atoms with E-state index in [1.165, 1.54) is 11.8 Å². The molecule has 5 nitrogen and oxygen atoms in total. The van der Waals surface area contributed by atoms with Crippen molar-refractivity contribution >= 4 is 40.7 Å². The van der Waals surface area contributed by atoms with Crippen LogP contribution in [0.25, 0.3) is 0 Å². The Bertz CT molecular complexity index is 837. The number of hydrogen-bond donors (Lipinski definition) is 2. The molecule has 1 heterocycles. The fourth-order valence-corrected chi connectivity index (χ4v) is 2.39. The summed E-state index contributed by atoms with van der Waals surface area (Å²) in [5, 5.41) is 15.3. The van der Waals surface area contributed by atoms with Gasteiger partial charge in [-0.3, -0.25) is 0 Å². The van der Waals surface area contributed by atoms with Gasteiger partial charge in [-0.2, -0.15) is 10.1 Å². The van der Waals surface area contributed by atoms with Gasteiger partial charge in [0.2, 0.25) is 5.95 Å². The fourth-order valence-electron chi connectivity index (χ4n) is 2.06. The molecule has 3 rings (SSSR count). The van der Waals surface area contributed by atoms with Gasteiger partial charge in [-0.05, 0) is 30.7 Å². The van der Waals surface area contributed by atoms with Crippen LogP contribution in [0.1, 0.15) is 11.1 Å². The molecule has 122 valence electrons. The number of aryl methyl sites for hydroxylation is 1. The first-order valence-electron chi connectivity index (χ1n) is 7.31. The van der Waals surface area contributed by atoms with Gasteiger partial charge in [0.05, 0.1) is 16.9 Å². The van der Waals surface area contributed by atoms with Crippen LogP contribution in [0.4, 0.5) is 17.5 Å². The van der Waals surface area contributed by atoms with Crippen molar-refractivity contribution in [3.05, 3.63) is 69.8 Å². The molecule has 0 aliphatic carbocycles. The van der Waals surface area contributed by atoms with Crippen molar-refractivity contribution in [3.63, 3.8) is 0 Å². The zero-order valence-corrected chi connectivity index (χ0v) is 14.4. The third kappa shape index (κ3) is 4.34. The number of nitrogens with zero attached hydrogens (tertiary/aromatic N) is 3. The van der Waals surface area contributed by atoms with E-state index in [4.69, 9.17) is 23.2 Å². The maximum Gasteiger partial charge on any atom is 0.244 e. The van der Waals surface area contributed by atoms with Gasteiger partial charge >= 0.3 is 0 Å². The van der Waals surface area contributed by atoms with Crippen LogP contribution >= 0.6 is 23.2 Å². The molecular weight excluding hydrogens is 345 g/mol. The van der Waals surface area contributed by atoms with Crippen LogP contribution in [-0.2, 0) is 6.54 Å². The number of nitrogens with one attached hydrogen (secondary N) is 2. The third-order valence-electron chi connectivity index (χ3n) is 3.32. The highest BCUT2D eigenvalue weighted by Crippen LogP contribution is 2.27. The summed E-state index contributed by atoms with van der Waals surface area (Å²) < 4.78 is 0. The summed E-state index contributed by atoms with van der Waals surface area (Å²) in [6.45, 7) is 2.67. The average Bonchev–Trinajstić information content (AvgIpc) is 2.58. The molecule has 0 unspecified atom stereocenters. The normalized spacial score (nSPS) is 10.5. The molecule has 2 aromatic carbocycles. The molecule has 0 fully saturated rings. The van der Waals surface area contributed by atoms with Gasteiger partial charge in [-0.15, -0.1) is 5.10 Å². The molecule has 0 radical (unpaired) electrons. The molecule has 0 aliphatic heterocycles. The quantitative estimate of drug-likeness (QED) is 0.682. The molecule has 3 aromatic rings. The van der Waals surface area contributed by atoms with Crippen molar-refractivity contribution in [2.75, 3.05) is 10.6 Å². The Morgan fingerprint density at radius 1 is 1.04 bits per heavy atom. The van der Waals surface area contributed by atoms with E-state index in [0.29, 0.717) is 34.0 Å². The van der Waals surface area contributed by atoms with Crippen LogP contribution in [0.5, 0.6) is 0 Å². The third-order valence-corrected chi connectivity index (χ3v) is 3.89. The van der Waals surface area contributed by atoms with Gasteiger partial charge in [-0.1, -0.05) is 53.0 Å². The topological polar surface area (TPSA) is 62.7 Å². The van der Waals surface area contributed by atoms with E-state index in [9.17, 15) is 0 Å². The molecule has 0 amide bonds. The lowest BCUT2D eigenvalue weighted by Gasteiger charge is -2.09.